The fourth-order valence-corrected chi connectivity index (χ4v) is 5.14. The zero-order valence-corrected chi connectivity index (χ0v) is 25.0. The zero-order valence-electron chi connectivity index (χ0n) is 24.2. The summed E-state index contributed by atoms with van der Waals surface area (Å²) >= 11 is 1.49. The second-order valence-corrected chi connectivity index (χ2v) is 10.6. The average molecular weight is 605 g/mol. The van der Waals surface area contributed by atoms with Crippen LogP contribution in [0.4, 0.5) is 13.2 Å². The number of alkyl halides is 3. The van der Waals surface area contributed by atoms with E-state index in [-0.39, 0.29) is 36.6 Å². The molecule has 4 rings (SSSR count). The summed E-state index contributed by atoms with van der Waals surface area (Å²) in [6.07, 6.45) is -3.08. The Bertz CT molecular complexity index is 1570. The van der Waals surface area contributed by atoms with Crippen LogP contribution in [0.25, 0.3) is 22.5 Å². The van der Waals surface area contributed by atoms with Crippen LogP contribution in [0.2, 0.25) is 0 Å². The number of rotatable bonds is 11. The Morgan fingerprint density at radius 3 is 2.40 bits per heavy atom. The predicted molar refractivity (Wildman–Crippen MR) is 157 cm³/mol. The van der Waals surface area contributed by atoms with Gasteiger partial charge in [-0.1, -0.05) is 42.5 Å². The Balaban J connectivity index is 0.00000506. The number of carbonyl (C=O) groups excluding carboxylic acids is 1. The number of halogens is 3. The van der Waals surface area contributed by atoms with E-state index in [1.165, 1.54) is 31.0 Å². The number of methoxy groups -OCH3 is 1. The first-order valence-corrected chi connectivity index (χ1v) is 14.5. The molecule has 2 N–H and O–H groups in total. The number of nitrogens with one attached hydrogen (secondary N) is 1. The Hall–Kier alpha value is -3.42. The molecular formula is C32H30F3LiNO5S+. The van der Waals surface area contributed by atoms with Crippen molar-refractivity contribution in [1.82, 2.24) is 5.32 Å². The van der Waals surface area contributed by atoms with Crippen LogP contribution in [-0.4, -0.2) is 42.1 Å². The minimum Gasteiger partial charge on any atom is -0.480 e. The normalized spacial score (nSPS) is 12.7. The standard InChI is InChI=1S/C32H30F3NO5S.Li/c1-19-7-4-5-10-23(19)25-18-21(11-12-24(25)30(37)36-26(31(38)39)15-16-42-3)29(40-2)28-14-13-27(41-28)20-8-6-9-22(17-20)32(33,34)35;/h4-14,17-18,26,29H,15-16H2,1-3H3,(H,36,37)(H,38,39);/q;+1. The molecule has 0 saturated heterocycles. The van der Waals surface area contributed by atoms with Crippen LogP contribution < -0.4 is 24.2 Å². The molecule has 0 spiro atoms. The number of carboxylic acids is 1. The molecule has 0 aliphatic rings. The number of carboxylic acid groups (broad SMARTS) is 1. The van der Waals surface area contributed by atoms with E-state index >= 15 is 0 Å². The van der Waals surface area contributed by atoms with Gasteiger partial charge in [-0.3, -0.25) is 4.79 Å². The van der Waals surface area contributed by atoms with Crippen LogP contribution in [0.5, 0.6) is 0 Å². The van der Waals surface area contributed by atoms with Gasteiger partial charge in [0.15, 0.2) is 0 Å². The van der Waals surface area contributed by atoms with E-state index in [9.17, 15) is 27.9 Å². The molecule has 0 aliphatic carbocycles. The van der Waals surface area contributed by atoms with Gasteiger partial charge in [-0.15, -0.1) is 0 Å². The summed E-state index contributed by atoms with van der Waals surface area (Å²) in [6.45, 7) is 1.91. The largest absolute Gasteiger partial charge is 1.00 e. The van der Waals surface area contributed by atoms with E-state index in [4.69, 9.17) is 9.15 Å². The third-order valence-corrected chi connectivity index (χ3v) is 7.48. The number of hydrogen-bond acceptors (Lipinski definition) is 5. The van der Waals surface area contributed by atoms with Gasteiger partial charge in [0, 0.05) is 18.2 Å². The molecule has 1 heterocycles. The third-order valence-electron chi connectivity index (χ3n) is 6.84. The number of ether oxygens (including phenoxy) is 1. The number of carbonyl (C=O) groups is 2. The van der Waals surface area contributed by atoms with Crippen LogP contribution in [0.15, 0.2) is 83.3 Å². The van der Waals surface area contributed by atoms with Crippen molar-refractivity contribution in [3.05, 3.63) is 107 Å². The van der Waals surface area contributed by atoms with Gasteiger partial charge in [0.2, 0.25) is 0 Å². The molecule has 220 valence electrons. The van der Waals surface area contributed by atoms with Crippen molar-refractivity contribution < 1.29 is 55.9 Å². The Morgan fingerprint density at radius 1 is 1.00 bits per heavy atom. The minimum absolute atomic E-state index is 0. The van der Waals surface area contributed by atoms with E-state index in [1.54, 1.807) is 30.3 Å². The van der Waals surface area contributed by atoms with Crippen molar-refractivity contribution in [2.75, 3.05) is 19.1 Å². The summed E-state index contributed by atoms with van der Waals surface area (Å²) in [6, 6.07) is 19.6. The first kappa shape index (κ1) is 34.1. The molecule has 0 aliphatic heterocycles. The van der Waals surface area contributed by atoms with Crippen LogP contribution in [-0.2, 0) is 15.7 Å². The Kier molecular flexibility index (Phi) is 11.8. The molecule has 3 aromatic carbocycles. The summed E-state index contributed by atoms with van der Waals surface area (Å²) < 4.78 is 51.5. The van der Waals surface area contributed by atoms with Crippen molar-refractivity contribution in [3.63, 3.8) is 0 Å². The van der Waals surface area contributed by atoms with Gasteiger partial charge < -0.3 is 19.6 Å². The van der Waals surface area contributed by atoms with Crippen molar-refractivity contribution in [2.45, 2.75) is 31.7 Å². The summed E-state index contributed by atoms with van der Waals surface area (Å²) in [5, 5.41) is 12.3. The Morgan fingerprint density at radius 2 is 1.74 bits per heavy atom. The summed E-state index contributed by atoms with van der Waals surface area (Å²) in [7, 11) is 1.48. The molecule has 4 aromatic rings. The van der Waals surface area contributed by atoms with Crippen molar-refractivity contribution >= 4 is 23.6 Å². The predicted octanol–water partition coefficient (Wildman–Crippen LogP) is 4.62. The maximum absolute atomic E-state index is 13.4. The maximum Gasteiger partial charge on any atom is 1.00 e. The second-order valence-electron chi connectivity index (χ2n) is 9.66. The van der Waals surface area contributed by atoms with E-state index in [0.29, 0.717) is 28.2 Å². The van der Waals surface area contributed by atoms with E-state index < -0.39 is 35.8 Å². The van der Waals surface area contributed by atoms with E-state index in [0.717, 1.165) is 23.3 Å². The van der Waals surface area contributed by atoms with Crippen LogP contribution in [0.1, 0.15) is 45.3 Å². The number of hydrogen-bond donors (Lipinski definition) is 2. The van der Waals surface area contributed by atoms with Gasteiger partial charge in [0.05, 0.1) is 5.56 Å². The number of aryl methyl sites for hydroxylation is 1. The van der Waals surface area contributed by atoms with Gasteiger partial charge in [0.25, 0.3) is 5.91 Å². The molecule has 6 nitrogen and oxygen atoms in total. The number of furan rings is 1. The molecule has 1 aromatic heterocycles. The molecule has 0 radical (unpaired) electrons. The van der Waals surface area contributed by atoms with Crippen LogP contribution in [0.3, 0.4) is 0 Å². The molecule has 0 saturated carbocycles. The average Bonchev–Trinajstić information content (AvgIpc) is 3.45. The van der Waals surface area contributed by atoms with Gasteiger partial charge in [-0.05, 0) is 84.0 Å². The number of amides is 1. The van der Waals surface area contributed by atoms with Gasteiger partial charge in [-0.2, -0.15) is 24.9 Å². The number of aliphatic carboxylic acids is 1. The zero-order chi connectivity index (χ0) is 30.4. The van der Waals surface area contributed by atoms with Gasteiger partial charge >= 0.3 is 31.0 Å². The first-order chi connectivity index (χ1) is 20.0. The number of thioether (sulfide) groups is 1. The minimum atomic E-state index is -4.49. The van der Waals surface area contributed by atoms with Crippen molar-refractivity contribution in [1.29, 1.82) is 0 Å². The van der Waals surface area contributed by atoms with Gasteiger partial charge in [-0.25, -0.2) is 4.79 Å². The summed E-state index contributed by atoms with van der Waals surface area (Å²) in [5.41, 5.74) is 2.67. The quantitative estimate of drug-likeness (QED) is 0.243. The van der Waals surface area contributed by atoms with Crippen molar-refractivity contribution in [2.24, 2.45) is 0 Å². The van der Waals surface area contributed by atoms with Crippen LogP contribution in [0, 0.1) is 6.92 Å². The molecular weight excluding hydrogens is 574 g/mol. The SMILES string of the molecule is COC(c1ccc(C(=O)NC(CCSC)C(=O)O)c(-c2ccccc2C)c1)c1ccc(-c2cccc(C(F)(F)F)c2)o1.[Li+]. The molecule has 2 unspecified atom stereocenters. The maximum atomic E-state index is 13.4. The van der Waals surface area contributed by atoms with Gasteiger partial charge in [0.1, 0.15) is 23.7 Å². The smallest absolute Gasteiger partial charge is 0.480 e. The molecule has 11 heteroatoms. The second kappa shape index (κ2) is 14.8. The van der Waals surface area contributed by atoms with Crippen LogP contribution >= 0.6 is 11.8 Å². The molecule has 2 atom stereocenters. The summed E-state index contributed by atoms with van der Waals surface area (Å²) in [5.74, 6) is -0.450. The van der Waals surface area contributed by atoms with E-state index in [2.05, 4.69) is 5.32 Å². The van der Waals surface area contributed by atoms with Crippen molar-refractivity contribution in [3.8, 4) is 22.5 Å². The fourth-order valence-electron chi connectivity index (χ4n) is 4.66. The number of benzene rings is 3. The third kappa shape index (κ3) is 8.15. The first-order valence-electron chi connectivity index (χ1n) is 13.1. The molecule has 0 fully saturated rings. The van der Waals surface area contributed by atoms with E-state index in [1.807, 2.05) is 37.4 Å². The summed E-state index contributed by atoms with van der Waals surface area (Å²) in [4.78, 5) is 25.2. The molecule has 43 heavy (non-hydrogen) atoms. The molecule has 1 amide bonds. The monoisotopic (exact) mass is 604 g/mol. The fraction of sp³-hybridized carbons (Fsp3) is 0.250. The molecule has 0 bridgehead atoms. The Labute approximate surface area is 264 Å². The topological polar surface area (TPSA) is 88.8 Å².